The van der Waals surface area contributed by atoms with Gasteiger partial charge in [-0.1, -0.05) is 30.3 Å². The summed E-state index contributed by atoms with van der Waals surface area (Å²) in [6.07, 6.45) is 0.264. The highest BCUT2D eigenvalue weighted by Gasteiger charge is 2.31. The van der Waals surface area contributed by atoms with Gasteiger partial charge in [-0.05, 0) is 84.3 Å². The average Bonchev–Trinajstić information content (AvgIpc) is 3.28. The van der Waals surface area contributed by atoms with E-state index in [-0.39, 0.29) is 28.6 Å². The number of aliphatic hydroxyl groups is 1. The van der Waals surface area contributed by atoms with Crippen molar-refractivity contribution in [1.82, 2.24) is 9.55 Å². The summed E-state index contributed by atoms with van der Waals surface area (Å²) < 4.78 is 45.1. The van der Waals surface area contributed by atoms with Gasteiger partial charge in [0.25, 0.3) is 5.56 Å². The number of fused-ring (bicyclic) bond motifs is 4. The molecule has 42 heavy (non-hydrogen) atoms. The molecule has 0 saturated carbocycles. The lowest BCUT2D eigenvalue weighted by molar-refractivity contribution is 0.0785. The molecule has 1 amide bonds. The summed E-state index contributed by atoms with van der Waals surface area (Å²) >= 11 is 0. The van der Waals surface area contributed by atoms with Crippen LogP contribution in [0.3, 0.4) is 0 Å². The fourth-order valence-electron chi connectivity index (χ4n) is 5.81. The van der Waals surface area contributed by atoms with Crippen LogP contribution in [-0.2, 0) is 12.0 Å². The van der Waals surface area contributed by atoms with Crippen LogP contribution < -0.4 is 17.0 Å². The fourth-order valence-corrected chi connectivity index (χ4v) is 5.81. The van der Waals surface area contributed by atoms with Crippen LogP contribution in [0.25, 0.3) is 38.8 Å². The van der Waals surface area contributed by atoms with E-state index in [4.69, 9.17) is 5.73 Å². The summed E-state index contributed by atoms with van der Waals surface area (Å²) in [5.74, 6) is -3.62. The molecule has 0 saturated heterocycles. The number of hydrogen-bond acceptors (Lipinski definition) is 4. The molecule has 0 aliphatic heterocycles. The smallest absolute Gasteiger partial charge is 0.333 e. The maximum absolute atomic E-state index is 16.0. The van der Waals surface area contributed by atoms with E-state index < -0.39 is 45.7 Å². The van der Waals surface area contributed by atoms with Crippen LogP contribution in [-0.4, -0.2) is 20.6 Å². The molecule has 0 spiro atoms. The van der Waals surface area contributed by atoms with Gasteiger partial charge in [0.15, 0.2) is 5.82 Å². The molecule has 1 aliphatic rings. The van der Waals surface area contributed by atoms with Crippen LogP contribution in [0.2, 0.25) is 0 Å². The summed E-state index contributed by atoms with van der Waals surface area (Å²) in [7, 11) is 0. The zero-order valence-electron chi connectivity index (χ0n) is 22.7. The van der Waals surface area contributed by atoms with Crippen LogP contribution in [0.15, 0.2) is 64.2 Å². The van der Waals surface area contributed by atoms with Gasteiger partial charge in [0.2, 0.25) is 5.91 Å². The number of amides is 1. The van der Waals surface area contributed by atoms with Crippen LogP contribution in [0, 0.1) is 24.4 Å². The second-order valence-corrected chi connectivity index (χ2v) is 10.9. The van der Waals surface area contributed by atoms with Gasteiger partial charge in [-0.2, -0.15) is 0 Å². The van der Waals surface area contributed by atoms with Crippen molar-refractivity contribution in [3.05, 3.63) is 121 Å². The molecule has 1 aromatic heterocycles. The second-order valence-electron chi connectivity index (χ2n) is 10.9. The maximum Gasteiger partial charge on any atom is 0.333 e. The summed E-state index contributed by atoms with van der Waals surface area (Å²) in [5.41, 5.74) is 6.03. The number of carbonyl (C=O) groups excluding carboxylic acids is 1. The molecule has 0 fully saturated rings. The SMILES string of the molecule is Cc1c(-c2c(F)cc(C(N)=O)c3c2-c2ccc(C(C)(C)O)cc2C3)cccc1-n1c(=O)[nH]c2c(F)cc(F)cc2c1=O. The van der Waals surface area contributed by atoms with Gasteiger partial charge < -0.3 is 15.8 Å². The third-order valence-corrected chi connectivity index (χ3v) is 7.84. The summed E-state index contributed by atoms with van der Waals surface area (Å²) in [5, 5.41) is 10.2. The van der Waals surface area contributed by atoms with Crippen molar-refractivity contribution >= 4 is 16.8 Å². The Morgan fingerprint density at radius 1 is 0.976 bits per heavy atom. The van der Waals surface area contributed by atoms with Gasteiger partial charge in [0, 0.05) is 17.2 Å². The van der Waals surface area contributed by atoms with Crippen LogP contribution >= 0.6 is 0 Å². The second kappa shape index (κ2) is 9.28. The van der Waals surface area contributed by atoms with Gasteiger partial charge in [0.1, 0.15) is 11.6 Å². The summed E-state index contributed by atoms with van der Waals surface area (Å²) in [6, 6.07) is 12.4. The molecule has 0 radical (unpaired) electrons. The lowest BCUT2D eigenvalue weighted by Gasteiger charge is -2.20. The first-order valence-corrected chi connectivity index (χ1v) is 13.0. The van der Waals surface area contributed by atoms with Crippen molar-refractivity contribution < 1.29 is 23.1 Å². The van der Waals surface area contributed by atoms with Crippen molar-refractivity contribution in [3.63, 3.8) is 0 Å². The molecule has 1 heterocycles. The molecule has 0 unspecified atom stereocenters. The summed E-state index contributed by atoms with van der Waals surface area (Å²) in [6.45, 7) is 4.88. The normalized spacial score (nSPS) is 12.5. The largest absolute Gasteiger partial charge is 0.386 e. The third-order valence-electron chi connectivity index (χ3n) is 7.84. The Balaban J connectivity index is 1.64. The number of H-pyrrole nitrogens is 1. The lowest BCUT2D eigenvalue weighted by Crippen LogP contribution is -2.34. The van der Waals surface area contributed by atoms with E-state index in [1.165, 1.54) is 12.1 Å². The van der Waals surface area contributed by atoms with Crippen LogP contribution in [0.5, 0.6) is 0 Å². The number of carbonyl (C=O) groups is 1. The molecule has 7 nitrogen and oxygen atoms in total. The minimum Gasteiger partial charge on any atom is -0.386 e. The number of halogens is 3. The molecule has 0 atom stereocenters. The Morgan fingerprint density at radius 3 is 2.40 bits per heavy atom. The summed E-state index contributed by atoms with van der Waals surface area (Å²) in [4.78, 5) is 41.1. The van der Waals surface area contributed by atoms with E-state index in [2.05, 4.69) is 4.98 Å². The number of rotatable bonds is 4. The molecule has 1 aliphatic carbocycles. The Labute approximate surface area is 236 Å². The lowest BCUT2D eigenvalue weighted by atomic mass is 9.88. The first-order valence-electron chi connectivity index (χ1n) is 13.0. The fraction of sp³-hybridized carbons (Fsp3) is 0.156. The van der Waals surface area contributed by atoms with Crippen molar-refractivity contribution in [1.29, 1.82) is 0 Å². The highest BCUT2D eigenvalue weighted by Crippen LogP contribution is 2.47. The van der Waals surface area contributed by atoms with Gasteiger partial charge in [-0.15, -0.1) is 0 Å². The number of nitrogens with one attached hydrogen (secondary N) is 1. The molecule has 4 aromatic carbocycles. The Bertz CT molecular complexity index is 2120. The van der Waals surface area contributed by atoms with Crippen LogP contribution in [0.4, 0.5) is 13.2 Å². The molecule has 4 N–H and O–H groups in total. The van der Waals surface area contributed by atoms with Gasteiger partial charge in [-0.25, -0.2) is 22.5 Å². The average molecular weight is 572 g/mol. The molecule has 6 rings (SSSR count). The molecule has 5 aromatic rings. The van der Waals surface area contributed by atoms with E-state index in [9.17, 15) is 28.3 Å². The Morgan fingerprint density at radius 2 is 1.71 bits per heavy atom. The number of hydrogen-bond donors (Lipinski definition) is 3. The zero-order chi connectivity index (χ0) is 30.2. The topological polar surface area (TPSA) is 118 Å². The predicted octanol–water partition coefficient (Wildman–Crippen LogP) is 4.97. The number of primary amides is 1. The quantitative estimate of drug-likeness (QED) is 0.277. The van der Waals surface area contributed by atoms with E-state index in [0.29, 0.717) is 39.4 Å². The van der Waals surface area contributed by atoms with Crippen molar-refractivity contribution in [2.75, 3.05) is 0 Å². The highest BCUT2D eigenvalue weighted by atomic mass is 19.1. The van der Waals surface area contributed by atoms with Crippen LogP contribution in [0.1, 0.15) is 46.5 Å². The number of nitrogens with two attached hydrogens (primary N) is 1. The van der Waals surface area contributed by atoms with Gasteiger partial charge in [0.05, 0.1) is 22.2 Å². The molecule has 212 valence electrons. The van der Waals surface area contributed by atoms with Gasteiger partial charge >= 0.3 is 5.69 Å². The van der Waals surface area contributed by atoms with E-state index in [1.54, 1.807) is 45.0 Å². The highest BCUT2D eigenvalue weighted by molar-refractivity contribution is 6.02. The predicted molar refractivity (Wildman–Crippen MR) is 152 cm³/mol. The Hall–Kier alpha value is -4.96. The monoisotopic (exact) mass is 571 g/mol. The molecule has 0 bridgehead atoms. The standard InChI is InChI=1S/C32H24F3N3O4/c1-14-18(5-4-6-25(14)38-30(40)22-11-17(33)12-24(35)28(22)37-31(38)41)27-23(34)13-21(29(36)39)20-10-15-9-16(32(2,3)42)7-8-19(15)26(20)27/h4-9,11-13,42H,10H2,1-3H3,(H2,36,39)(H,37,41). The minimum absolute atomic E-state index is 0.0207. The molecular formula is C32H24F3N3O4. The first kappa shape index (κ1) is 27.2. The molecule has 10 heteroatoms. The number of aromatic amines is 1. The Kier molecular flexibility index (Phi) is 6.02. The van der Waals surface area contributed by atoms with Crippen molar-refractivity contribution in [3.8, 4) is 27.9 Å². The first-order chi connectivity index (χ1) is 19.8. The third kappa shape index (κ3) is 4.06. The van der Waals surface area contributed by atoms with Crippen molar-refractivity contribution in [2.45, 2.75) is 32.8 Å². The van der Waals surface area contributed by atoms with Gasteiger partial charge in [-0.3, -0.25) is 9.59 Å². The van der Waals surface area contributed by atoms with E-state index >= 15 is 4.39 Å². The molecular weight excluding hydrogens is 547 g/mol. The number of benzene rings is 4. The number of nitrogens with zero attached hydrogens (tertiary/aromatic N) is 1. The number of aromatic nitrogens is 2. The minimum atomic E-state index is -1.14. The van der Waals surface area contributed by atoms with E-state index in [0.717, 1.165) is 22.3 Å². The maximum atomic E-state index is 16.0. The van der Waals surface area contributed by atoms with E-state index in [1.807, 2.05) is 0 Å². The van der Waals surface area contributed by atoms with Crippen molar-refractivity contribution in [2.24, 2.45) is 5.73 Å². The zero-order valence-corrected chi connectivity index (χ0v) is 22.7.